The topological polar surface area (TPSA) is 37.4 Å². The van der Waals surface area contributed by atoms with Crippen LogP contribution in [0.5, 0.6) is 0 Å². The standard InChI is InChI=1S/C13H13BrClNO2S2/c1-9-4-3-5-10(6-9)8-16(2)20(17,18)12-7-11(15)13(14)19-12/h3-7H,8H2,1-2H3. The van der Waals surface area contributed by atoms with Gasteiger partial charge in [0.05, 0.1) is 8.81 Å². The highest BCUT2D eigenvalue weighted by Gasteiger charge is 2.24. The number of halogens is 2. The summed E-state index contributed by atoms with van der Waals surface area (Å²) in [6.45, 7) is 2.31. The second kappa shape index (κ2) is 6.15. The van der Waals surface area contributed by atoms with E-state index in [1.54, 1.807) is 7.05 Å². The first-order valence-electron chi connectivity index (χ1n) is 5.77. The Morgan fingerprint density at radius 1 is 1.35 bits per heavy atom. The maximum absolute atomic E-state index is 12.4. The van der Waals surface area contributed by atoms with Crippen molar-refractivity contribution >= 4 is 48.9 Å². The third-order valence-electron chi connectivity index (χ3n) is 2.77. The number of hydrogen-bond acceptors (Lipinski definition) is 3. The summed E-state index contributed by atoms with van der Waals surface area (Å²) in [4.78, 5) is 0. The van der Waals surface area contributed by atoms with E-state index in [2.05, 4.69) is 15.9 Å². The number of sulfonamides is 1. The Morgan fingerprint density at radius 2 is 2.05 bits per heavy atom. The molecule has 0 spiro atoms. The number of aryl methyl sites for hydroxylation is 1. The Kier molecular flexibility index (Phi) is 4.92. The molecule has 7 heteroatoms. The Bertz CT molecular complexity index is 708. The molecule has 0 radical (unpaired) electrons. The minimum absolute atomic E-state index is 0.240. The van der Waals surface area contributed by atoms with Crippen LogP contribution in [0.1, 0.15) is 11.1 Å². The van der Waals surface area contributed by atoms with Gasteiger partial charge in [-0.05, 0) is 34.5 Å². The number of hydrogen-bond donors (Lipinski definition) is 0. The molecule has 1 aromatic carbocycles. The fourth-order valence-electron chi connectivity index (χ4n) is 1.76. The quantitative estimate of drug-likeness (QED) is 0.775. The van der Waals surface area contributed by atoms with Gasteiger partial charge in [-0.3, -0.25) is 0 Å². The Balaban J connectivity index is 2.25. The molecule has 20 heavy (non-hydrogen) atoms. The van der Waals surface area contributed by atoms with Gasteiger partial charge in [-0.1, -0.05) is 41.4 Å². The fraction of sp³-hybridized carbons (Fsp3) is 0.231. The average molecular weight is 395 g/mol. The molecule has 0 aliphatic rings. The van der Waals surface area contributed by atoms with Crippen molar-refractivity contribution in [3.8, 4) is 0 Å². The van der Waals surface area contributed by atoms with Gasteiger partial charge in [0.1, 0.15) is 4.21 Å². The zero-order valence-corrected chi connectivity index (χ0v) is 14.9. The van der Waals surface area contributed by atoms with Gasteiger partial charge >= 0.3 is 0 Å². The van der Waals surface area contributed by atoms with Gasteiger partial charge in [0.25, 0.3) is 10.0 Å². The van der Waals surface area contributed by atoms with E-state index in [0.717, 1.165) is 22.5 Å². The lowest BCUT2D eigenvalue weighted by Gasteiger charge is -2.16. The molecule has 2 aromatic rings. The lowest BCUT2D eigenvalue weighted by molar-refractivity contribution is 0.468. The van der Waals surface area contributed by atoms with Crippen LogP contribution in [0.15, 0.2) is 38.3 Å². The Labute approximate surface area is 136 Å². The lowest BCUT2D eigenvalue weighted by Crippen LogP contribution is -2.25. The van der Waals surface area contributed by atoms with Gasteiger partial charge in [-0.15, -0.1) is 11.3 Å². The molecule has 0 saturated carbocycles. The Morgan fingerprint density at radius 3 is 2.60 bits per heavy atom. The minimum atomic E-state index is -3.51. The number of rotatable bonds is 4. The van der Waals surface area contributed by atoms with E-state index in [4.69, 9.17) is 11.6 Å². The van der Waals surface area contributed by atoms with E-state index < -0.39 is 10.0 Å². The van der Waals surface area contributed by atoms with Crippen LogP contribution in [0.3, 0.4) is 0 Å². The van der Waals surface area contributed by atoms with E-state index in [0.29, 0.717) is 15.4 Å². The van der Waals surface area contributed by atoms with Crippen LogP contribution in [-0.4, -0.2) is 19.8 Å². The SMILES string of the molecule is Cc1cccc(CN(C)S(=O)(=O)c2cc(Cl)c(Br)s2)c1. The van der Waals surface area contributed by atoms with Gasteiger partial charge in [0.2, 0.25) is 0 Å². The molecule has 0 unspecified atom stereocenters. The third kappa shape index (κ3) is 3.43. The largest absolute Gasteiger partial charge is 0.252 e. The summed E-state index contributed by atoms with van der Waals surface area (Å²) in [5, 5.41) is 0.414. The van der Waals surface area contributed by atoms with Crippen LogP contribution < -0.4 is 0 Å². The van der Waals surface area contributed by atoms with Crippen molar-refractivity contribution < 1.29 is 8.42 Å². The van der Waals surface area contributed by atoms with E-state index >= 15 is 0 Å². The van der Waals surface area contributed by atoms with E-state index in [-0.39, 0.29) is 4.21 Å². The molecule has 1 heterocycles. The van der Waals surface area contributed by atoms with Gasteiger partial charge in [0.15, 0.2) is 0 Å². The number of thiophene rings is 1. The lowest BCUT2D eigenvalue weighted by atomic mass is 10.1. The maximum Gasteiger partial charge on any atom is 0.252 e. The van der Waals surface area contributed by atoms with E-state index in [9.17, 15) is 8.42 Å². The van der Waals surface area contributed by atoms with Crippen molar-refractivity contribution in [1.29, 1.82) is 0 Å². The second-order valence-corrected chi connectivity index (χ2v) is 9.49. The molecule has 0 fully saturated rings. The summed E-state index contributed by atoms with van der Waals surface area (Å²) < 4.78 is 27.1. The molecule has 3 nitrogen and oxygen atoms in total. The minimum Gasteiger partial charge on any atom is -0.206 e. The van der Waals surface area contributed by atoms with Gasteiger partial charge in [-0.25, -0.2) is 8.42 Å². The number of nitrogens with zero attached hydrogens (tertiary/aromatic N) is 1. The summed E-state index contributed by atoms with van der Waals surface area (Å²) in [6, 6.07) is 9.26. The van der Waals surface area contributed by atoms with E-state index in [1.165, 1.54) is 10.4 Å². The molecule has 0 aliphatic carbocycles. The molecular weight excluding hydrogens is 382 g/mol. The molecular formula is C13H13BrClNO2S2. The zero-order chi connectivity index (χ0) is 14.9. The predicted octanol–water partition coefficient (Wildman–Crippen LogP) is 4.29. The van der Waals surface area contributed by atoms with Crippen LogP contribution >= 0.6 is 38.9 Å². The average Bonchev–Trinajstić information content (AvgIpc) is 2.70. The van der Waals surface area contributed by atoms with Crippen LogP contribution in [0.25, 0.3) is 0 Å². The van der Waals surface area contributed by atoms with Crippen molar-refractivity contribution in [2.45, 2.75) is 17.7 Å². The summed E-state index contributed by atoms with van der Waals surface area (Å²) in [6.07, 6.45) is 0. The molecule has 108 valence electrons. The first kappa shape index (κ1) is 16.0. The van der Waals surface area contributed by atoms with Gasteiger partial charge < -0.3 is 0 Å². The summed E-state index contributed by atoms with van der Waals surface area (Å²) >= 11 is 10.3. The summed E-state index contributed by atoms with van der Waals surface area (Å²) in [7, 11) is -1.95. The summed E-state index contributed by atoms with van der Waals surface area (Å²) in [5.74, 6) is 0. The molecule has 2 rings (SSSR count). The monoisotopic (exact) mass is 393 g/mol. The molecule has 0 saturated heterocycles. The number of benzene rings is 1. The normalized spacial score (nSPS) is 12.1. The van der Waals surface area contributed by atoms with Crippen molar-refractivity contribution in [2.24, 2.45) is 0 Å². The van der Waals surface area contributed by atoms with Crippen LogP contribution in [0, 0.1) is 6.92 Å². The highest BCUT2D eigenvalue weighted by atomic mass is 79.9. The van der Waals surface area contributed by atoms with Crippen LogP contribution in [0.4, 0.5) is 0 Å². The third-order valence-corrected chi connectivity index (χ3v) is 7.50. The highest BCUT2D eigenvalue weighted by molar-refractivity contribution is 9.11. The molecule has 0 atom stereocenters. The summed E-state index contributed by atoms with van der Waals surface area (Å²) in [5.41, 5.74) is 2.06. The second-order valence-electron chi connectivity index (χ2n) is 4.44. The fourth-order valence-corrected chi connectivity index (χ4v) is 5.53. The van der Waals surface area contributed by atoms with Crippen LogP contribution in [0.2, 0.25) is 5.02 Å². The highest BCUT2D eigenvalue weighted by Crippen LogP contribution is 2.35. The molecule has 0 amide bonds. The molecule has 0 N–H and O–H groups in total. The molecule has 1 aromatic heterocycles. The smallest absolute Gasteiger partial charge is 0.206 e. The molecule has 0 aliphatic heterocycles. The maximum atomic E-state index is 12.4. The van der Waals surface area contributed by atoms with Crippen molar-refractivity contribution in [3.05, 3.63) is 50.3 Å². The van der Waals surface area contributed by atoms with E-state index in [1.807, 2.05) is 31.2 Å². The van der Waals surface area contributed by atoms with Crippen molar-refractivity contribution in [2.75, 3.05) is 7.05 Å². The first-order valence-corrected chi connectivity index (χ1v) is 9.20. The van der Waals surface area contributed by atoms with Crippen molar-refractivity contribution in [1.82, 2.24) is 4.31 Å². The van der Waals surface area contributed by atoms with Gasteiger partial charge in [-0.2, -0.15) is 4.31 Å². The van der Waals surface area contributed by atoms with Crippen molar-refractivity contribution in [3.63, 3.8) is 0 Å². The first-order chi connectivity index (χ1) is 9.30. The van der Waals surface area contributed by atoms with Gasteiger partial charge in [0, 0.05) is 13.6 Å². The van der Waals surface area contributed by atoms with Crippen LogP contribution in [-0.2, 0) is 16.6 Å². The molecule has 0 bridgehead atoms. The predicted molar refractivity (Wildman–Crippen MR) is 86.9 cm³/mol. The Hall–Kier alpha value is -0.400. The zero-order valence-electron chi connectivity index (χ0n) is 10.9.